The van der Waals surface area contributed by atoms with Gasteiger partial charge in [0.2, 0.25) is 0 Å². The number of aromatic nitrogens is 1. The monoisotopic (exact) mass is 643 g/mol. The number of hydrogen-bond acceptors (Lipinski definition) is 11. The highest BCUT2D eigenvalue weighted by molar-refractivity contribution is 6.00. The molecule has 1 aromatic rings. The molecule has 3 aliphatic carbocycles. The summed E-state index contributed by atoms with van der Waals surface area (Å²) in [6, 6.07) is 1.23. The zero-order chi connectivity index (χ0) is 32.1. The van der Waals surface area contributed by atoms with Crippen molar-refractivity contribution in [3.63, 3.8) is 0 Å². The number of nitrogens with zero attached hydrogens (tertiary/aromatic N) is 1. The smallest absolute Gasteiger partial charge is 0.340 e. The summed E-state index contributed by atoms with van der Waals surface area (Å²) in [6.45, 7) is 3.54. The first-order valence-corrected chi connectivity index (χ1v) is 17.9. The highest BCUT2D eigenvalue weighted by atomic mass is 16.6. The minimum absolute atomic E-state index is 0.0412. The van der Waals surface area contributed by atoms with Gasteiger partial charge in [-0.15, -0.1) is 0 Å². The van der Waals surface area contributed by atoms with Gasteiger partial charge in [0.25, 0.3) is 0 Å². The first kappa shape index (κ1) is 35.2. The van der Waals surface area contributed by atoms with Gasteiger partial charge in [-0.05, 0) is 50.0 Å². The number of esters is 2. The van der Waals surface area contributed by atoms with E-state index in [0.717, 1.165) is 76.4 Å². The van der Waals surface area contributed by atoms with E-state index >= 15 is 0 Å². The Kier molecular flexibility index (Phi) is 14.1. The summed E-state index contributed by atoms with van der Waals surface area (Å²) in [4.78, 5) is 33.3. The SMILES string of the molecule is COCCOC(=O)c1c2nc(c(C(=O)OCCOC)c1C1CCCCC1)CN[C@@H]1CCCC[C@H]1NCCN[C@@H]1CCCC[C@H]1NC2. The number of methoxy groups -OCH3 is 2. The lowest BCUT2D eigenvalue weighted by Crippen LogP contribution is -2.53. The molecule has 258 valence electrons. The maximum atomic E-state index is 14.1. The minimum Gasteiger partial charge on any atom is -0.460 e. The number of rotatable bonds is 9. The second-order valence-corrected chi connectivity index (χ2v) is 13.4. The van der Waals surface area contributed by atoms with Crippen LogP contribution in [0.25, 0.3) is 0 Å². The van der Waals surface area contributed by atoms with Crippen molar-refractivity contribution in [2.45, 2.75) is 127 Å². The van der Waals surface area contributed by atoms with E-state index in [-0.39, 0.29) is 31.2 Å². The van der Waals surface area contributed by atoms with Gasteiger partial charge in [0.05, 0.1) is 35.7 Å². The second kappa shape index (κ2) is 18.4. The van der Waals surface area contributed by atoms with Crippen LogP contribution in [-0.2, 0) is 32.0 Å². The number of pyridine rings is 1. The van der Waals surface area contributed by atoms with Crippen molar-refractivity contribution < 1.29 is 28.5 Å². The fourth-order valence-electron chi connectivity index (χ4n) is 8.01. The number of carbonyl (C=O) groups excluding carboxylic acids is 2. The standard InChI is InChI=1S/C35H57N5O6/c1-43-18-20-45-34(41)32-29-22-38-27-14-8-6-12-25(27)36-16-17-37-26-13-7-9-15-28(26)39-23-30(40-29)33(35(42)46-21-19-44-2)31(32)24-10-4-3-5-11-24/h24-28,36-39H,3-23H2,1-2H3/t25-,26-,27-,28-/m1/s1. The molecule has 0 aromatic carbocycles. The Morgan fingerprint density at radius 1 is 0.587 bits per heavy atom. The van der Waals surface area contributed by atoms with Gasteiger partial charge >= 0.3 is 11.9 Å². The fraction of sp³-hybridized carbons (Fsp3) is 0.800. The van der Waals surface area contributed by atoms with Crippen molar-refractivity contribution in [1.82, 2.24) is 26.3 Å². The molecular weight excluding hydrogens is 586 g/mol. The molecule has 3 fully saturated rings. The van der Waals surface area contributed by atoms with Crippen LogP contribution in [0, 0.1) is 0 Å². The summed E-state index contributed by atoms with van der Waals surface area (Å²) in [6.07, 6.45) is 14.2. The summed E-state index contributed by atoms with van der Waals surface area (Å²) >= 11 is 0. The maximum absolute atomic E-state index is 14.1. The molecule has 3 saturated carbocycles. The van der Waals surface area contributed by atoms with E-state index in [1.165, 1.54) is 25.7 Å². The van der Waals surface area contributed by atoms with E-state index in [1.807, 2.05) is 0 Å². The lowest BCUT2D eigenvalue weighted by atomic mass is 9.79. The largest absolute Gasteiger partial charge is 0.460 e. The first-order chi connectivity index (χ1) is 22.6. The number of hydrogen-bond donors (Lipinski definition) is 4. The molecule has 4 N–H and O–H groups in total. The maximum Gasteiger partial charge on any atom is 0.340 e. The molecule has 0 amide bonds. The summed E-state index contributed by atoms with van der Waals surface area (Å²) in [5.41, 5.74) is 2.94. The van der Waals surface area contributed by atoms with E-state index in [0.29, 0.717) is 60.9 Å². The van der Waals surface area contributed by atoms with Gasteiger partial charge in [0.1, 0.15) is 13.2 Å². The Labute approximate surface area is 275 Å². The molecule has 46 heavy (non-hydrogen) atoms. The molecule has 2 bridgehead atoms. The average Bonchev–Trinajstić information content (AvgIpc) is 3.09. The van der Waals surface area contributed by atoms with Crippen molar-refractivity contribution in [2.75, 3.05) is 53.7 Å². The number of fused-ring (bicyclic) bond motifs is 4. The number of ether oxygens (including phenoxy) is 4. The average molecular weight is 644 g/mol. The van der Waals surface area contributed by atoms with Gasteiger partial charge in [0.15, 0.2) is 0 Å². The molecule has 5 rings (SSSR count). The molecule has 0 saturated heterocycles. The molecule has 0 radical (unpaired) electrons. The molecule has 2 heterocycles. The molecule has 1 aromatic heterocycles. The quantitative estimate of drug-likeness (QED) is 0.232. The Hall–Kier alpha value is -2.15. The Morgan fingerprint density at radius 3 is 1.43 bits per heavy atom. The molecule has 0 unspecified atom stereocenters. The topological polar surface area (TPSA) is 132 Å². The summed E-state index contributed by atoms with van der Waals surface area (Å²) in [5.74, 6) is -0.847. The molecule has 11 heteroatoms. The van der Waals surface area contributed by atoms with Crippen molar-refractivity contribution in [3.05, 3.63) is 28.1 Å². The number of carbonyl (C=O) groups is 2. The van der Waals surface area contributed by atoms with Crippen molar-refractivity contribution >= 4 is 11.9 Å². The zero-order valence-corrected chi connectivity index (χ0v) is 28.1. The van der Waals surface area contributed by atoms with Crippen LogP contribution in [0.1, 0.15) is 127 Å². The lowest BCUT2D eigenvalue weighted by molar-refractivity contribution is 0.0377. The summed E-state index contributed by atoms with van der Waals surface area (Å²) in [5, 5.41) is 15.3. The third-order valence-corrected chi connectivity index (χ3v) is 10.4. The Bertz CT molecular complexity index is 1050. The fourth-order valence-corrected chi connectivity index (χ4v) is 8.01. The Morgan fingerprint density at radius 2 is 1.00 bits per heavy atom. The van der Waals surface area contributed by atoms with Gasteiger partial charge in [-0.1, -0.05) is 44.9 Å². The minimum atomic E-state index is -0.444. The third kappa shape index (κ3) is 9.26. The van der Waals surface area contributed by atoms with Crippen LogP contribution < -0.4 is 21.3 Å². The van der Waals surface area contributed by atoms with Gasteiger partial charge in [-0.2, -0.15) is 0 Å². The Balaban J connectivity index is 1.62. The van der Waals surface area contributed by atoms with Gasteiger partial charge in [0, 0.05) is 64.6 Å². The number of nitrogens with one attached hydrogen (secondary N) is 4. The molecular formula is C35H57N5O6. The molecule has 4 aliphatic rings. The van der Waals surface area contributed by atoms with Gasteiger partial charge in [-0.25, -0.2) is 9.59 Å². The van der Waals surface area contributed by atoms with Gasteiger partial charge < -0.3 is 40.2 Å². The van der Waals surface area contributed by atoms with E-state index in [4.69, 9.17) is 23.9 Å². The highest BCUT2D eigenvalue weighted by Crippen LogP contribution is 2.39. The van der Waals surface area contributed by atoms with Crippen LogP contribution in [0.5, 0.6) is 0 Å². The van der Waals surface area contributed by atoms with Crippen LogP contribution >= 0.6 is 0 Å². The third-order valence-electron chi connectivity index (χ3n) is 10.4. The molecule has 11 nitrogen and oxygen atoms in total. The van der Waals surface area contributed by atoms with Crippen LogP contribution in [0.3, 0.4) is 0 Å². The van der Waals surface area contributed by atoms with Crippen LogP contribution in [0.15, 0.2) is 0 Å². The van der Waals surface area contributed by atoms with E-state index in [2.05, 4.69) is 21.3 Å². The summed E-state index contributed by atoms with van der Waals surface area (Å²) in [7, 11) is 3.18. The first-order valence-electron chi connectivity index (χ1n) is 17.9. The molecule has 4 atom stereocenters. The predicted molar refractivity (Wildman–Crippen MR) is 176 cm³/mol. The molecule has 1 aliphatic heterocycles. The highest BCUT2D eigenvalue weighted by Gasteiger charge is 2.35. The molecule has 0 spiro atoms. The van der Waals surface area contributed by atoms with E-state index < -0.39 is 11.9 Å². The lowest BCUT2D eigenvalue weighted by Gasteiger charge is -2.34. The van der Waals surface area contributed by atoms with Crippen molar-refractivity contribution in [3.8, 4) is 0 Å². The second-order valence-electron chi connectivity index (χ2n) is 13.4. The summed E-state index contributed by atoms with van der Waals surface area (Å²) < 4.78 is 22.0. The van der Waals surface area contributed by atoms with E-state index in [9.17, 15) is 9.59 Å². The van der Waals surface area contributed by atoms with E-state index in [1.54, 1.807) is 14.2 Å². The predicted octanol–water partition coefficient (Wildman–Crippen LogP) is 3.73. The van der Waals surface area contributed by atoms with Crippen molar-refractivity contribution in [2.24, 2.45) is 0 Å². The van der Waals surface area contributed by atoms with Crippen molar-refractivity contribution in [1.29, 1.82) is 0 Å². The van der Waals surface area contributed by atoms with Crippen LogP contribution in [-0.4, -0.2) is 94.8 Å². The van der Waals surface area contributed by atoms with Gasteiger partial charge in [-0.3, -0.25) is 4.98 Å². The van der Waals surface area contributed by atoms with Crippen LogP contribution in [0.4, 0.5) is 0 Å². The normalized spacial score (nSPS) is 26.6. The van der Waals surface area contributed by atoms with Crippen LogP contribution in [0.2, 0.25) is 0 Å². The zero-order valence-electron chi connectivity index (χ0n) is 28.1.